The van der Waals surface area contributed by atoms with Crippen molar-refractivity contribution in [2.45, 2.75) is 50.2 Å². The first kappa shape index (κ1) is 10.4. The highest BCUT2D eigenvalue weighted by molar-refractivity contribution is 5.87. The van der Waals surface area contributed by atoms with Crippen molar-refractivity contribution in [1.29, 1.82) is 0 Å². The van der Waals surface area contributed by atoms with Gasteiger partial charge >= 0.3 is 5.97 Å². The van der Waals surface area contributed by atoms with Crippen LogP contribution in [-0.4, -0.2) is 35.1 Å². The summed E-state index contributed by atoms with van der Waals surface area (Å²) in [5, 5.41) is 14.7. The molecule has 5 nitrogen and oxygen atoms in total. The number of carboxylic acids is 1. The molecule has 0 aromatic rings. The highest BCUT2D eigenvalue weighted by atomic mass is 16.4. The third-order valence-electron chi connectivity index (χ3n) is 3.20. The van der Waals surface area contributed by atoms with E-state index < -0.39 is 12.0 Å². The van der Waals surface area contributed by atoms with E-state index >= 15 is 0 Å². The first-order valence-electron chi connectivity index (χ1n) is 5.45. The number of nitrogens with one attached hydrogen (secondary N) is 2. The molecule has 2 rings (SSSR count). The van der Waals surface area contributed by atoms with Gasteiger partial charge in [0, 0.05) is 12.1 Å². The lowest BCUT2D eigenvalue weighted by Gasteiger charge is -2.40. The molecule has 2 fully saturated rings. The normalized spacial score (nSPS) is 35.5. The van der Waals surface area contributed by atoms with E-state index in [1.165, 1.54) is 0 Å². The van der Waals surface area contributed by atoms with Gasteiger partial charge in [-0.2, -0.15) is 0 Å². The van der Waals surface area contributed by atoms with Crippen LogP contribution in [0.1, 0.15) is 32.1 Å². The summed E-state index contributed by atoms with van der Waals surface area (Å²) in [5.41, 5.74) is 0. The van der Waals surface area contributed by atoms with Crippen molar-refractivity contribution in [3.8, 4) is 0 Å². The van der Waals surface area contributed by atoms with E-state index in [1.807, 2.05) is 0 Å². The molecule has 1 saturated heterocycles. The second-order valence-corrected chi connectivity index (χ2v) is 4.32. The Morgan fingerprint density at radius 3 is 2.67 bits per heavy atom. The molecule has 5 heteroatoms. The Kier molecular flexibility index (Phi) is 2.90. The van der Waals surface area contributed by atoms with Gasteiger partial charge in [0.15, 0.2) is 0 Å². The summed E-state index contributed by atoms with van der Waals surface area (Å²) in [4.78, 5) is 22.1. The van der Waals surface area contributed by atoms with Crippen molar-refractivity contribution in [2.75, 3.05) is 0 Å². The molecular formula is C10H16N2O3. The SMILES string of the molecule is O=C(O)C[C@@H]1N[C@H]2CCCC[C@@H]2NC1=O. The monoisotopic (exact) mass is 212 g/mol. The van der Waals surface area contributed by atoms with Crippen LogP contribution in [0.25, 0.3) is 0 Å². The number of carbonyl (C=O) groups excluding carboxylic acids is 1. The summed E-state index contributed by atoms with van der Waals surface area (Å²) < 4.78 is 0. The number of hydrogen-bond acceptors (Lipinski definition) is 3. The second-order valence-electron chi connectivity index (χ2n) is 4.32. The number of hydrogen-bond donors (Lipinski definition) is 3. The van der Waals surface area contributed by atoms with Crippen LogP contribution in [-0.2, 0) is 9.59 Å². The van der Waals surface area contributed by atoms with Crippen molar-refractivity contribution >= 4 is 11.9 Å². The van der Waals surface area contributed by atoms with E-state index in [9.17, 15) is 9.59 Å². The zero-order valence-corrected chi connectivity index (χ0v) is 8.53. The summed E-state index contributed by atoms with van der Waals surface area (Å²) >= 11 is 0. The van der Waals surface area contributed by atoms with Gasteiger partial charge in [-0.05, 0) is 12.8 Å². The average Bonchev–Trinajstić information content (AvgIpc) is 2.18. The van der Waals surface area contributed by atoms with E-state index in [-0.39, 0.29) is 24.4 Å². The Morgan fingerprint density at radius 2 is 2.00 bits per heavy atom. The molecule has 2 aliphatic rings. The summed E-state index contributed by atoms with van der Waals surface area (Å²) in [6, 6.07) is -0.0843. The van der Waals surface area contributed by atoms with Gasteiger partial charge in [0.1, 0.15) is 0 Å². The number of carboxylic acid groups (broad SMARTS) is 1. The Hall–Kier alpha value is -1.10. The van der Waals surface area contributed by atoms with Crippen LogP contribution < -0.4 is 10.6 Å². The predicted octanol–water partition coefficient (Wildman–Crippen LogP) is -0.140. The van der Waals surface area contributed by atoms with Gasteiger partial charge < -0.3 is 15.7 Å². The third kappa shape index (κ3) is 2.28. The van der Waals surface area contributed by atoms with Crippen molar-refractivity contribution < 1.29 is 14.7 Å². The molecule has 1 amide bonds. The van der Waals surface area contributed by atoms with Gasteiger partial charge in [0.05, 0.1) is 12.5 Å². The number of rotatable bonds is 2. The minimum absolute atomic E-state index is 0.130. The molecule has 15 heavy (non-hydrogen) atoms. The number of amides is 1. The zero-order chi connectivity index (χ0) is 10.8. The van der Waals surface area contributed by atoms with E-state index in [4.69, 9.17) is 5.11 Å². The molecule has 0 radical (unpaired) electrons. The van der Waals surface area contributed by atoms with E-state index in [2.05, 4.69) is 10.6 Å². The topological polar surface area (TPSA) is 78.4 Å². The molecule has 1 saturated carbocycles. The molecule has 0 bridgehead atoms. The number of piperazine rings is 1. The fourth-order valence-corrected chi connectivity index (χ4v) is 2.45. The van der Waals surface area contributed by atoms with Crippen LogP contribution in [0.15, 0.2) is 0 Å². The predicted molar refractivity (Wildman–Crippen MR) is 53.4 cm³/mol. The molecule has 0 spiro atoms. The van der Waals surface area contributed by atoms with Crippen molar-refractivity contribution in [3.05, 3.63) is 0 Å². The molecule has 0 aromatic heterocycles. The standard InChI is InChI=1S/C10H16N2O3/c13-9(14)5-8-10(15)12-7-4-2-1-3-6(7)11-8/h6-8,11H,1-5H2,(H,12,15)(H,13,14)/t6-,7-,8-/m0/s1. The third-order valence-corrected chi connectivity index (χ3v) is 3.20. The lowest BCUT2D eigenvalue weighted by atomic mass is 9.87. The van der Waals surface area contributed by atoms with Gasteiger partial charge in [-0.25, -0.2) is 0 Å². The number of aliphatic carboxylic acids is 1. The van der Waals surface area contributed by atoms with Crippen LogP contribution in [0.3, 0.4) is 0 Å². The maximum atomic E-state index is 11.5. The van der Waals surface area contributed by atoms with E-state index in [0.29, 0.717) is 0 Å². The van der Waals surface area contributed by atoms with Crippen molar-refractivity contribution in [2.24, 2.45) is 0 Å². The van der Waals surface area contributed by atoms with Crippen LogP contribution >= 0.6 is 0 Å². The van der Waals surface area contributed by atoms with Crippen LogP contribution in [0.2, 0.25) is 0 Å². The molecular weight excluding hydrogens is 196 g/mol. The Bertz CT molecular complexity index is 280. The molecule has 3 N–H and O–H groups in total. The molecule has 3 atom stereocenters. The van der Waals surface area contributed by atoms with Gasteiger partial charge in [0.2, 0.25) is 5.91 Å². The van der Waals surface area contributed by atoms with Crippen LogP contribution in [0.5, 0.6) is 0 Å². The number of fused-ring (bicyclic) bond motifs is 1. The molecule has 0 unspecified atom stereocenters. The maximum absolute atomic E-state index is 11.5. The lowest BCUT2D eigenvalue weighted by molar-refractivity contribution is -0.141. The quantitative estimate of drug-likeness (QED) is 0.595. The Morgan fingerprint density at radius 1 is 1.33 bits per heavy atom. The second kappa shape index (κ2) is 4.18. The zero-order valence-electron chi connectivity index (χ0n) is 8.53. The molecule has 84 valence electrons. The minimum atomic E-state index is -0.933. The average molecular weight is 212 g/mol. The lowest BCUT2D eigenvalue weighted by Crippen LogP contribution is -2.64. The molecule has 1 heterocycles. The van der Waals surface area contributed by atoms with E-state index in [1.54, 1.807) is 0 Å². The Labute approximate surface area is 88.2 Å². The summed E-state index contributed by atoms with van der Waals surface area (Å²) in [5.74, 6) is -1.10. The fourth-order valence-electron chi connectivity index (χ4n) is 2.45. The largest absolute Gasteiger partial charge is 0.481 e. The van der Waals surface area contributed by atoms with Crippen LogP contribution in [0.4, 0.5) is 0 Å². The van der Waals surface area contributed by atoms with Gasteiger partial charge in [0.25, 0.3) is 0 Å². The molecule has 0 aromatic carbocycles. The van der Waals surface area contributed by atoms with Crippen molar-refractivity contribution in [1.82, 2.24) is 10.6 Å². The van der Waals surface area contributed by atoms with Gasteiger partial charge in [-0.3, -0.25) is 9.59 Å². The molecule has 1 aliphatic heterocycles. The maximum Gasteiger partial charge on any atom is 0.305 e. The van der Waals surface area contributed by atoms with Crippen molar-refractivity contribution in [3.63, 3.8) is 0 Å². The Balaban J connectivity index is 1.98. The van der Waals surface area contributed by atoms with Gasteiger partial charge in [-0.15, -0.1) is 0 Å². The molecule has 1 aliphatic carbocycles. The van der Waals surface area contributed by atoms with E-state index in [0.717, 1.165) is 25.7 Å². The van der Waals surface area contributed by atoms with Gasteiger partial charge in [-0.1, -0.05) is 12.8 Å². The highest BCUT2D eigenvalue weighted by Crippen LogP contribution is 2.22. The smallest absolute Gasteiger partial charge is 0.305 e. The summed E-state index contributed by atoms with van der Waals surface area (Å²) in [7, 11) is 0. The minimum Gasteiger partial charge on any atom is -0.481 e. The summed E-state index contributed by atoms with van der Waals surface area (Å²) in [6.07, 6.45) is 4.20. The first-order valence-corrected chi connectivity index (χ1v) is 5.45. The summed E-state index contributed by atoms with van der Waals surface area (Å²) in [6.45, 7) is 0. The fraction of sp³-hybridized carbons (Fsp3) is 0.800. The first-order chi connectivity index (χ1) is 7.16. The highest BCUT2D eigenvalue weighted by Gasteiger charge is 2.36. The number of carbonyl (C=O) groups is 2. The van der Waals surface area contributed by atoms with Crippen LogP contribution in [0, 0.1) is 0 Å².